The van der Waals surface area contributed by atoms with Crippen LogP contribution < -0.4 is 25.2 Å². The van der Waals surface area contributed by atoms with Crippen LogP contribution in [0.2, 0.25) is 0 Å². The summed E-state index contributed by atoms with van der Waals surface area (Å²) < 4.78 is 26.8. The molecule has 12 nitrogen and oxygen atoms in total. The number of phenols is 1. The van der Waals surface area contributed by atoms with Gasteiger partial charge in [-0.1, -0.05) is 30.3 Å². The van der Waals surface area contributed by atoms with Gasteiger partial charge in [0.25, 0.3) is 11.5 Å². The third-order valence-corrected chi connectivity index (χ3v) is 10.8. The number of nitrogens with zero attached hydrogens (tertiary/aromatic N) is 5. The second kappa shape index (κ2) is 15.7. The number of benzene rings is 3. The van der Waals surface area contributed by atoms with Crippen molar-refractivity contribution in [3.05, 3.63) is 136 Å². The molecule has 55 heavy (non-hydrogen) atoms. The summed E-state index contributed by atoms with van der Waals surface area (Å²) in [5, 5.41) is 16.5. The fraction of sp³-hybridized carbons (Fsp3) is 0.310. The lowest BCUT2D eigenvalue weighted by molar-refractivity contribution is -0.136. The van der Waals surface area contributed by atoms with Crippen LogP contribution in [-0.4, -0.2) is 75.9 Å². The summed E-state index contributed by atoms with van der Waals surface area (Å²) in [5.74, 6) is 1.70. The summed E-state index contributed by atoms with van der Waals surface area (Å²) in [7, 11) is 0. The van der Waals surface area contributed by atoms with E-state index in [9.17, 15) is 23.9 Å². The Hall–Kier alpha value is -6.08. The van der Waals surface area contributed by atoms with Gasteiger partial charge in [0.15, 0.2) is 5.75 Å². The average Bonchev–Trinajstić information content (AvgIpc) is 3.19. The Morgan fingerprint density at radius 3 is 2.29 bits per heavy atom. The molecule has 1 unspecified atom stereocenters. The van der Waals surface area contributed by atoms with Crippen LogP contribution in [0.15, 0.2) is 102 Å². The minimum atomic E-state index is -0.833. The number of aryl methyl sites for hydroxylation is 1. The Kier molecular flexibility index (Phi) is 10.3. The molecule has 5 aromatic rings. The number of aromatic nitrogens is 3. The molecule has 2 saturated heterocycles. The van der Waals surface area contributed by atoms with Crippen LogP contribution in [0.3, 0.4) is 0 Å². The maximum absolute atomic E-state index is 13.8. The number of fused-ring (bicyclic) bond motifs is 1. The van der Waals surface area contributed by atoms with Crippen molar-refractivity contribution in [3.8, 4) is 23.0 Å². The van der Waals surface area contributed by atoms with Crippen LogP contribution in [-0.2, 0) is 16.0 Å². The molecule has 2 fully saturated rings. The van der Waals surface area contributed by atoms with Gasteiger partial charge in [0.2, 0.25) is 5.91 Å². The summed E-state index contributed by atoms with van der Waals surface area (Å²) in [4.78, 5) is 45.4. The standard InChI is InChI=1S/C42H41FN6O6/c43-30-6-1-27(2-7-30)35-12-5-29-23-31(50)8-13-36(29)41(35)28-3-9-32(10-4-28)54-22-21-47-17-19-48(20-18-47)38-15-11-33(25-44-38)55-34-24-40(52)49(45-26-34)37-14-16-39(51)46-42(37)53/h1-4,6-11,13,15,23-26,35,37,41,50H,5,12,14,16-22H2,(H,46,51,53)/t35-,37?,41+/m1/s1. The van der Waals surface area contributed by atoms with E-state index in [1.807, 2.05) is 42.5 Å². The fourth-order valence-electron chi connectivity index (χ4n) is 7.91. The number of pyridine rings is 1. The van der Waals surface area contributed by atoms with E-state index in [0.717, 1.165) is 78.5 Å². The lowest BCUT2D eigenvalue weighted by Crippen LogP contribution is -2.47. The summed E-state index contributed by atoms with van der Waals surface area (Å²) >= 11 is 0. The number of amides is 2. The van der Waals surface area contributed by atoms with Crippen molar-refractivity contribution in [2.75, 3.05) is 44.2 Å². The van der Waals surface area contributed by atoms with E-state index in [4.69, 9.17) is 9.47 Å². The van der Waals surface area contributed by atoms with Gasteiger partial charge >= 0.3 is 0 Å². The quantitative estimate of drug-likeness (QED) is 0.181. The summed E-state index contributed by atoms with van der Waals surface area (Å²) in [5.41, 5.74) is 4.11. The van der Waals surface area contributed by atoms with Gasteiger partial charge in [-0.05, 0) is 96.0 Å². The number of carbonyl (C=O) groups excluding carboxylic acids is 2. The largest absolute Gasteiger partial charge is 0.508 e. The van der Waals surface area contributed by atoms with Gasteiger partial charge in [-0.3, -0.25) is 24.6 Å². The zero-order chi connectivity index (χ0) is 37.9. The summed E-state index contributed by atoms with van der Waals surface area (Å²) in [6.07, 6.45) is 5.09. The molecule has 2 amide bonds. The number of aromatic hydroxyl groups is 1. The summed E-state index contributed by atoms with van der Waals surface area (Å²) in [6.45, 7) is 4.68. The molecule has 2 N–H and O–H groups in total. The van der Waals surface area contributed by atoms with Crippen molar-refractivity contribution in [1.29, 1.82) is 0 Å². The third kappa shape index (κ3) is 8.07. The minimum absolute atomic E-state index is 0.0767. The lowest BCUT2D eigenvalue weighted by Gasteiger charge is -2.35. The first-order valence-corrected chi connectivity index (χ1v) is 18.6. The lowest BCUT2D eigenvalue weighted by atomic mass is 9.69. The molecule has 8 rings (SSSR count). The molecule has 0 bridgehead atoms. The zero-order valence-corrected chi connectivity index (χ0v) is 30.1. The molecule has 0 saturated carbocycles. The van der Waals surface area contributed by atoms with Gasteiger partial charge in [0, 0.05) is 51.1 Å². The molecule has 0 spiro atoms. The molecule has 1 aliphatic carbocycles. The van der Waals surface area contributed by atoms with Crippen molar-refractivity contribution in [2.24, 2.45) is 0 Å². The molecular formula is C42H41FN6O6. The van der Waals surface area contributed by atoms with Crippen LogP contribution in [0.25, 0.3) is 0 Å². The molecule has 2 aliphatic heterocycles. The molecular weight excluding hydrogens is 703 g/mol. The smallest absolute Gasteiger partial charge is 0.271 e. The van der Waals surface area contributed by atoms with Gasteiger partial charge in [-0.25, -0.2) is 14.1 Å². The highest BCUT2D eigenvalue weighted by atomic mass is 19.1. The van der Waals surface area contributed by atoms with Gasteiger partial charge in [0.1, 0.15) is 41.5 Å². The number of carbonyl (C=O) groups is 2. The van der Waals surface area contributed by atoms with Crippen LogP contribution in [0, 0.1) is 5.82 Å². The normalized spacial score (nSPS) is 20.1. The number of anilines is 1. The fourth-order valence-corrected chi connectivity index (χ4v) is 7.91. The van der Waals surface area contributed by atoms with E-state index >= 15 is 0 Å². The van der Waals surface area contributed by atoms with Gasteiger partial charge < -0.3 is 19.5 Å². The van der Waals surface area contributed by atoms with E-state index < -0.39 is 17.5 Å². The van der Waals surface area contributed by atoms with Gasteiger partial charge in [-0.15, -0.1) is 0 Å². The van der Waals surface area contributed by atoms with E-state index in [2.05, 4.69) is 37.3 Å². The molecule has 282 valence electrons. The number of rotatable bonds is 10. The van der Waals surface area contributed by atoms with E-state index in [1.54, 1.807) is 18.3 Å². The van der Waals surface area contributed by atoms with E-state index in [0.29, 0.717) is 12.4 Å². The molecule has 0 radical (unpaired) electrons. The number of halogens is 1. The SMILES string of the molecule is O=C1CCC(n2ncc(Oc3ccc(N4CCN(CCOc5ccc([C@@H]6c7ccc(O)cc7CC[C@@H]6c6ccc(F)cc6)cc5)CC4)nc3)cc2=O)C(=O)N1. The van der Waals surface area contributed by atoms with Crippen molar-refractivity contribution >= 4 is 17.6 Å². The minimum Gasteiger partial charge on any atom is -0.508 e. The van der Waals surface area contributed by atoms with Crippen molar-refractivity contribution in [3.63, 3.8) is 0 Å². The Bertz CT molecular complexity index is 2220. The van der Waals surface area contributed by atoms with E-state index in [1.165, 1.54) is 30.0 Å². The third-order valence-electron chi connectivity index (χ3n) is 10.8. The van der Waals surface area contributed by atoms with Crippen molar-refractivity contribution < 1.29 is 28.6 Å². The molecule has 3 aromatic carbocycles. The van der Waals surface area contributed by atoms with Crippen LogP contribution >= 0.6 is 0 Å². The monoisotopic (exact) mass is 744 g/mol. The Morgan fingerprint density at radius 2 is 1.56 bits per heavy atom. The summed E-state index contributed by atoms with van der Waals surface area (Å²) in [6, 6.07) is 24.9. The van der Waals surface area contributed by atoms with Crippen LogP contribution in [0.5, 0.6) is 23.0 Å². The molecule has 13 heteroatoms. The topological polar surface area (TPSA) is 139 Å². The van der Waals surface area contributed by atoms with E-state index in [-0.39, 0.29) is 47.9 Å². The van der Waals surface area contributed by atoms with Crippen molar-refractivity contribution in [1.82, 2.24) is 25.0 Å². The second-order valence-corrected chi connectivity index (χ2v) is 14.2. The van der Waals surface area contributed by atoms with Crippen LogP contribution in [0.1, 0.15) is 59.4 Å². The Morgan fingerprint density at radius 1 is 0.800 bits per heavy atom. The first kappa shape index (κ1) is 35.9. The first-order chi connectivity index (χ1) is 26.8. The highest BCUT2D eigenvalue weighted by molar-refractivity contribution is 5.99. The predicted molar refractivity (Wildman–Crippen MR) is 202 cm³/mol. The molecule has 4 heterocycles. The number of hydrogen-bond acceptors (Lipinski definition) is 10. The average molecular weight is 745 g/mol. The first-order valence-electron chi connectivity index (χ1n) is 18.6. The molecule has 3 atom stereocenters. The Labute approximate surface area is 317 Å². The Balaban J connectivity index is 0.818. The van der Waals surface area contributed by atoms with Crippen molar-refractivity contribution in [2.45, 2.75) is 43.6 Å². The number of piperidine rings is 1. The molecule has 3 aliphatic rings. The van der Waals surface area contributed by atoms with Gasteiger partial charge in [0.05, 0.1) is 12.4 Å². The van der Waals surface area contributed by atoms with Crippen LogP contribution in [0.4, 0.5) is 10.2 Å². The maximum atomic E-state index is 13.8. The predicted octanol–water partition coefficient (Wildman–Crippen LogP) is 5.32. The zero-order valence-electron chi connectivity index (χ0n) is 30.1. The highest BCUT2D eigenvalue weighted by Crippen LogP contribution is 2.47. The highest BCUT2D eigenvalue weighted by Gasteiger charge is 2.33. The number of nitrogens with one attached hydrogen (secondary N) is 1. The number of hydrogen-bond donors (Lipinski definition) is 2. The maximum Gasteiger partial charge on any atom is 0.271 e. The molecule has 2 aromatic heterocycles. The number of imide groups is 1. The number of phenolic OH excluding ortho intramolecular Hbond substituents is 1. The number of ether oxygens (including phenoxy) is 2. The van der Waals surface area contributed by atoms with Gasteiger partial charge in [-0.2, -0.15) is 5.10 Å². The number of piperazine rings is 1. The second-order valence-electron chi connectivity index (χ2n) is 14.2.